The maximum absolute atomic E-state index is 6.29. The predicted octanol–water partition coefficient (Wildman–Crippen LogP) is 13.4. The molecule has 9 aromatic rings. The summed E-state index contributed by atoms with van der Waals surface area (Å²) in [5, 5.41) is 4.33. The maximum atomic E-state index is 6.29. The molecule has 0 unspecified atom stereocenters. The minimum atomic E-state index is 0.418. The third-order valence-electron chi connectivity index (χ3n) is 13.1. The molecule has 0 aliphatic heterocycles. The predicted molar refractivity (Wildman–Crippen MR) is 218 cm³/mol. The van der Waals surface area contributed by atoms with Crippen LogP contribution in [0.25, 0.3) is 88.9 Å². The number of furan rings is 2. The minimum absolute atomic E-state index is 0.418. The van der Waals surface area contributed by atoms with E-state index in [0.29, 0.717) is 11.2 Å². The highest BCUT2D eigenvalue weighted by Gasteiger charge is 2.51. The second-order valence-electron chi connectivity index (χ2n) is 16.4. The van der Waals surface area contributed by atoms with Gasteiger partial charge in [-0.05, 0) is 115 Å². The summed E-state index contributed by atoms with van der Waals surface area (Å²) in [6.45, 7) is 0. The van der Waals surface area contributed by atoms with E-state index in [4.69, 9.17) is 18.8 Å². The lowest BCUT2D eigenvalue weighted by Gasteiger charge is -2.57. The molecular formula is C50H38N2O2. The topological polar surface area (TPSA) is 52.1 Å². The fraction of sp³-hybridized carbons (Fsp3) is 0.200. The van der Waals surface area contributed by atoms with Crippen molar-refractivity contribution in [3.05, 3.63) is 145 Å². The van der Waals surface area contributed by atoms with Crippen LogP contribution in [-0.2, 0) is 5.41 Å². The molecule has 3 heterocycles. The molecule has 4 saturated carbocycles. The third-order valence-corrected chi connectivity index (χ3v) is 13.1. The fourth-order valence-corrected chi connectivity index (χ4v) is 11.0. The minimum Gasteiger partial charge on any atom is -0.456 e. The first kappa shape index (κ1) is 30.5. The zero-order valence-corrected chi connectivity index (χ0v) is 30.0. The lowest BCUT2D eigenvalue weighted by atomic mass is 9.48. The summed E-state index contributed by atoms with van der Waals surface area (Å²) in [4.78, 5) is 10.5. The Morgan fingerprint density at radius 2 is 1.00 bits per heavy atom. The molecule has 0 atom stereocenters. The number of hydrogen-bond donors (Lipinski definition) is 0. The lowest BCUT2D eigenvalue weighted by Crippen LogP contribution is -2.48. The van der Waals surface area contributed by atoms with Gasteiger partial charge >= 0.3 is 0 Å². The molecule has 13 rings (SSSR count). The largest absolute Gasteiger partial charge is 0.456 e. The van der Waals surface area contributed by atoms with Gasteiger partial charge in [-0.25, -0.2) is 9.97 Å². The summed E-state index contributed by atoms with van der Waals surface area (Å²) in [6.07, 6.45) is 8.62. The van der Waals surface area contributed by atoms with Crippen molar-refractivity contribution in [2.75, 3.05) is 0 Å². The molecule has 4 heteroatoms. The van der Waals surface area contributed by atoms with Gasteiger partial charge in [0.2, 0.25) is 0 Å². The Morgan fingerprint density at radius 3 is 1.74 bits per heavy atom. The van der Waals surface area contributed by atoms with Gasteiger partial charge < -0.3 is 8.83 Å². The van der Waals surface area contributed by atoms with Crippen molar-refractivity contribution < 1.29 is 8.83 Å². The van der Waals surface area contributed by atoms with Crippen LogP contribution in [0.1, 0.15) is 44.1 Å². The van der Waals surface area contributed by atoms with Crippen molar-refractivity contribution in [1.82, 2.24) is 9.97 Å². The van der Waals surface area contributed by atoms with Crippen molar-refractivity contribution in [1.29, 1.82) is 0 Å². The molecule has 0 radical (unpaired) electrons. The van der Waals surface area contributed by atoms with E-state index in [2.05, 4.69) is 97.1 Å². The number of aromatic nitrogens is 2. The second kappa shape index (κ2) is 11.5. The van der Waals surface area contributed by atoms with E-state index < -0.39 is 0 Å². The van der Waals surface area contributed by atoms with Crippen LogP contribution >= 0.6 is 0 Å². The highest BCUT2D eigenvalue weighted by Crippen LogP contribution is 2.60. The van der Waals surface area contributed by atoms with E-state index in [9.17, 15) is 0 Å². The van der Waals surface area contributed by atoms with Gasteiger partial charge in [0, 0.05) is 38.2 Å². The molecule has 4 nitrogen and oxygen atoms in total. The zero-order valence-electron chi connectivity index (χ0n) is 30.0. The molecule has 4 aliphatic carbocycles. The molecule has 0 N–H and O–H groups in total. The van der Waals surface area contributed by atoms with E-state index in [0.717, 1.165) is 89.7 Å². The first-order valence-corrected chi connectivity index (χ1v) is 19.6. The quantitative estimate of drug-likeness (QED) is 0.180. The Kier molecular flexibility index (Phi) is 6.49. The SMILES string of the molecule is c1ccc2c(c1)oc1cc(-c3nc(-c4ccc(-c5ccc(C67CC8CC(CC(C8)C6)C7)cc5)cc4)cc(-c4cccc5oc6ccccc6c45)n3)ccc12. The molecule has 54 heavy (non-hydrogen) atoms. The highest BCUT2D eigenvalue weighted by molar-refractivity contribution is 6.12. The third kappa shape index (κ3) is 4.75. The van der Waals surface area contributed by atoms with Crippen LogP contribution in [0.5, 0.6) is 0 Å². The first-order valence-electron chi connectivity index (χ1n) is 19.6. The van der Waals surface area contributed by atoms with E-state index in [1.54, 1.807) is 5.56 Å². The first-order chi connectivity index (χ1) is 26.6. The number of benzene rings is 6. The molecule has 0 amide bonds. The smallest absolute Gasteiger partial charge is 0.160 e. The number of nitrogens with zero attached hydrogens (tertiary/aromatic N) is 2. The van der Waals surface area contributed by atoms with E-state index >= 15 is 0 Å². The van der Waals surface area contributed by atoms with Gasteiger partial charge in [0.05, 0.1) is 11.4 Å². The van der Waals surface area contributed by atoms with Crippen LogP contribution in [0.3, 0.4) is 0 Å². The van der Waals surface area contributed by atoms with Crippen LogP contribution in [0, 0.1) is 17.8 Å². The summed E-state index contributed by atoms with van der Waals surface area (Å²) in [5.41, 5.74) is 12.6. The summed E-state index contributed by atoms with van der Waals surface area (Å²) in [7, 11) is 0. The molecular weight excluding hydrogens is 661 g/mol. The maximum Gasteiger partial charge on any atom is 0.160 e. The Bertz CT molecular complexity index is 2880. The van der Waals surface area contributed by atoms with Gasteiger partial charge in [-0.2, -0.15) is 0 Å². The van der Waals surface area contributed by atoms with Gasteiger partial charge in [-0.1, -0.05) is 103 Å². The summed E-state index contributed by atoms with van der Waals surface area (Å²) >= 11 is 0. The molecule has 4 fully saturated rings. The summed E-state index contributed by atoms with van der Waals surface area (Å²) in [5.74, 6) is 3.50. The van der Waals surface area contributed by atoms with Crippen molar-refractivity contribution in [2.45, 2.75) is 43.9 Å². The van der Waals surface area contributed by atoms with Gasteiger partial charge in [-0.3, -0.25) is 0 Å². The van der Waals surface area contributed by atoms with E-state index in [1.807, 2.05) is 42.5 Å². The van der Waals surface area contributed by atoms with Crippen LogP contribution < -0.4 is 0 Å². The van der Waals surface area contributed by atoms with Gasteiger partial charge in [-0.15, -0.1) is 0 Å². The average molecular weight is 699 g/mol. The summed E-state index contributed by atoms with van der Waals surface area (Å²) < 4.78 is 12.6. The molecule has 260 valence electrons. The summed E-state index contributed by atoms with van der Waals surface area (Å²) in [6, 6.07) is 49.5. The lowest BCUT2D eigenvalue weighted by molar-refractivity contribution is -0.00518. The number of rotatable bonds is 5. The fourth-order valence-electron chi connectivity index (χ4n) is 11.0. The Balaban J connectivity index is 0.948. The molecule has 0 spiro atoms. The van der Waals surface area contributed by atoms with Crippen molar-refractivity contribution in [2.24, 2.45) is 17.8 Å². The molecule has 0 saturated heterocycles. The number of para-hydroxylation sites is 2. The Morgan fingerprint density at radius 1 is 0.444 bits per heavy atom. The molecule has 4 aliphatic rings. The van der Waals surface area contributed by atoms with Crippen LogP contribution in [-0.4, -0.2) is 9.97 Å². The monoisotopic (exact) mass is 698 g/mol. The van der Waals surface area contributed by atoms with E-state index in [1.165, 1.54) is 49.7 Å². The van der Waals surface area contributed by atoms with Crippen molar-refractivity contribution >= 4 is 43.9 Å². The van der Waals surface area contributed by atoms with E-state index in [-0.39, 0.29) is 0 Å². The van der Waals surface area contributed by atoms with Gasteiger partial charge in [0.1, 0.15) is 22.3 Å². The zero-order chi connectivity index (χ0) is 35.4. The van der Waals surface area contributed by atoms with Crippen LogP contribution in [0.15, 0.2) is 148 Å². The molecule has 4 bridgehead atoms. The number of hydrogen-bond acceptors (Lipinski definition) is 4. The molecule has 3 aromatic heterocycles. The van der Waals surface area contributed by atoms with Crippen molar-refractivity contribution in [3.8, 4) is 45.0 Å². The Labute approximate surface area is 313 Å². The van der Waals surface area contributed by atoms with Crippen LogP contribution in [0.2, 0.25) is 0 Å². The van der Waals surface area contributed by atoms with Crippen LogP contribution in [0.4, 0.5) is 0 Å². The average Bonchev–Trinajstić information content (AvgIpc) is 3.78. The van der Waals surface area contributed by atoms with Crippen molar-refractivity contribution in [3.63, 3.8) is 0 Å². The van der Waals surface area contributed by atoms with Gasteiger partial charge in [0.15, 0.2) is 5.82 Å². The normalized spacial score (nSPS) is 21.9. The second-order valence-corrected chi connectivity index (χ2v) is 16.4. The Hall–Kier alpha value is -6.00. The standard InChI is InChI=1S/C50H38N2O2/c1-3-9-44-38(6-1)39-21-18-36(25-47(39)54-44)49-51-42(26-43(52-49)40-8-5-11-46-48(40)41-7-2-4-10-45(41)53-46)35-14-12-33(13-15-35)34-16-19-37(20-17-34)50-27-30-22-31(28-50)24-32(23-30)29-50/h1-21,25-26,30-32H,22-24,27-29H2. The highest BCUT2D eigenvalue weighted by atomic mass is 16.3. The van der Waals surface area contributed by atoms with Gasteiger partial charge in [0.25, 0.3) is 0 Å². The number of fused-ring (bicyclic) bond motifs is 6. The molecule has 6 aromatic carbocycles.